The van der Waals surface area contributed by atoms with Gasteiger partial charge in [0.2, 0.25) is 10.0 Å². The molecule has 0 spiro atoms. The Bertz CT molecular complexity index is 735. The van der Waals surface area contributed by atoms with Crippen molar-refractivity contribution in [3.05, 3.63) is 29.3 Å². The van der Waals surface area contributed by atoms with Crippen LogP contribution < -0.4 is 15.4 Å². The highest BCUT2D eigenvalue weighted by Crippen LogP contribution is 2.23. The maximum atomic E-state index is 12.6. The minimum Gasteiger partial charge on any atom is -0.348 e. The Hall–Kier alpha value is -1.15. The number of aryl methyl sites for hydroxylation is 1. The molecule has 1 saturated carbocycles. The van der Waals surface area contributed by atoms with Crippen LogP contribution in [-0.2, 0) is 10.0 Å². The van der Waals surface area contributed by atoms with Gasteiger partial charge in [0.25, 0.3) is 5.91 Å². The van der Waals surface area contributed by atoms with Gasteiger partial charge in [-0.15, -0.1) is 12.4 Å². The number of carbonyl (C=O) groups is 1. The lowest BCUT2D eigenvalue weighted by Gasteiger charge is -2.30. The molecule has 2 atom stereocenters. The van der Waals surface area contributed by atoms with Gasteiger partial charge in [0, 0.05) is 23.7 Å². The third kappa shape index (κ3) is 4.94. The van der Waals surface area contributed by atoms with E-state index in [-0.39, 0.29) is 41.3 Å². The van der Waals surface area contributed by atoms with Gasteiger partial charge >= 0.3 is 0 Å². The van der Waals surface area contributed by atoms with Gasteiger partial charge in [0.15, 0.2) is 0 Å². The molecule has 25 heavy (non-hydrogen) atoms. The summed E-state index contributed by atoms with van der Waals surface area (Å²) in [5.41, 5.74) is 1.20. The standard InChI is InChI=1S/C17H25N3O3S.ClH/c1-11-5-8-14(24(22,23)20-13-6-7-13)10-15(11)17(21)19-16-4-3-9-18-12(16)2;/h5,8,10,12-13,16,18,20H,3-4,6-7,9H2,1-2H3,(H,19,21);1H. The van der Waals surface area contributed by atoms with Crippen molar-refractivity contribution in [2.45, 2.75) is 62.6 Å². The molecule has 1 aromatic rings. The molecule has 1 saturated heterocycles. The maximum Gasteiger partial charge on any atom is 0.251 e. The van der Waals surface area contributed by atoms with E-state index in [1.807, 2.05) is 6.92 Å². The van der Waals surface area contributed by atoms with Crippen LogP contribution in [-0.4, -0.2) is 39.0 Å². The molecule has 0 radical (unpaired) electrons. The van der Waals surface area contributed by atoms with Crippen molar-refractivity contribution in [3.8, 4) is 0 Å². The second-order valence-corrected chi connectivity index (χ2v) is 8.55. The second-order valence-electron chi connectivity index (χ2n) is 6.84. The van der Waals surface area contributed by atoms with Gasteiger partial charge in [0.05, 0.1) is 4.90 Å². The van der Waals surface area contributed by atoms with Gasteiger partial charge in [-0.05, 0) is 63.8 Å². The Morgan fingerprint density at radius 2 is 1.96 bits per heavy atom. The van der Waals surface area contributed by atoms with Crippen molar-refractivity contribution in [2.24, 2.45) is 0 Å². The molecule has 0 bridgehead atoms. The number of rotatable bonds is 5. The largest absolute Gasteiger partial charge is 0.348 e. The molecule has 3 rings (SSSR count). The van der Waals surface area contributed by atoms with E-state index in [2.05, 4.69) is 22.3 Å². The third-order valence-electron chi connectivity index (χ3n) is 4.74. The first kappa shape index (κ1) is 20.2. The predicted molar refractivity (Wildman–Crippen MR) is 99.7 cm³/mol. The highest BCUT2D eigenvalue weighted by atomic mass is 35.5. The van der Waals surface area contributed by atoms with E-state index in [1.54, 1.807) is 12.1 Å². The van der Waals surface area contributed by atoms with Gasteiger partial charge in [-0.25, -0.2) is 13.1 Å². The summed E-state index contributed by atoms with van der Waals surface area (Å²) in [5.74, 6) is -0.212. The van der Waals surface area contributed by atoms with Gasteiger partial charge < -0.3 is 10.6 Å². The van der Waals surface area contributed by atoms with Crippen molar-refractivity contribution < 1.29 is 13.2 Å². The fourth-order valence-electron chi connectivity index (χ4n) is 2.99. The zero-order valence-corrected chi connectivity index (χ0v) is 16.2. The maximum absolute atomic E-state index is 12.6. The number of benzene rings is 1. The van der Waals surface area contributed by atoms with Crippen molar-refractivity contribution >= 4 is 28.3 Å². The molecule has 8 heteroatoms. The quantitative estimate of drug-likeness (QED) is 0.718. The van der Waals surface area contributed by atoms with Crippen LogP contribution in [0.2, 0.25) is 0 Å². The van der Waals surface area contributed by atoms with E-state index >= 15 is 0 Å². The first-order valence-electron chi connectivity index (χ1n) is 8.54. The van der Waals surface area contributed by atoms with Crippen LogP contribution in [0.15, 0.2) is 23.1 Å². The zero-order chi connectivity index (χ0) is 17.3. The zero-order valence-electron chi connectivity index (χ0n) is 14.5. The molecular weight excluding hydrogens is 362 g/mol. The van der Waals surface area contributed by atoms with Crippen molar-refractivity contribution in [3.63, 3.8) is 0 Å². The van der Waals surface area contributed by atoms with Crippen LogP contribution in [0.25, 0.3) is 0 Å². The molecule has 3 N–H and O–H groups in total. The Balaban J connectivity index is 0.00000225. The SMILES string of the molecule is Cc1ccc(S(=O)(=O)NC2CC2)cc1C(=O)NC1CCCNC1C.Cl. The average molecular weight is 388 g/mol. The highest BCUT2D eigenvalue weighted by molar-refractivity contribution is 7.89. The van der Waals surface area contributed by atoms with Crippen molar-refractivity contribution in [2.75, 3.05) is 6.54 Å². The second kappa shape index (κ2) is 8.03. The number of hydrogen-bond acceptors (Lipinski definition) is 4. The Morgan fingerprint density at radius 1 is 1.24 bits per heavy atom. The molecule has 1 aliphatic carbocycles. The van der Waals surface area contributed by atoms with E-state index in [1.165, 1.54) is 6.07 Å². The van der Waals surface area contributed by atoms with Crippen LogP contribution in [0.3, 0.4) is 0 Å². The van der Waals surface area contributed by atoms with Crippen LogP contribution in [0.1, 0.15) is 48.5 Å². The fraction of sp³-hybridized carbons (Fsp3) is 0.588. The van der Waals surface area contributed by atoms with Gasteiger partial charge in [-0.2, -0.15) is 0 Å². The minimum absolute atomic E-state index is 0. The highest BCUT2D eigenvalue weighted by Gasteiger charge is 2.29. The Morgan fingerprint density at radius 3 is 2.60 bits per heavy atom. The number of nitrogens with one attached hydrogen (secondary N) is 3. The molecule has 6 nitrogen and oxygen atoms in total. The summed E-state index contributed by atoms with van der Waals surface area (Å²) in [4.78, 5) is 12.8. The molecule has 2 unspecified atom stereocenters. The van der Waals surface area contributed by atoms with Crippen molar-refractivity contribution in [1.82, 2.24) is 15.4 Å². The van der Waals surface area contributed by atoms with E-state index < -0.39 is 10.0 Å². The first-order chi connectivity index (χ1) is 11.4. The first-order valence-corrected chi connectivity index (χ1v) is 10.0. The number of sulfonamides is 1. The third-order valence-corrected chi connectivity index (χ3v) is 6.26. The van der Waals surface area contributed by atoms with Crippen LogP contribution in [0.4, 0.5) is 0 Å². The topological polar surface area (TPSA) is 87.3 Å². The van der Waals surface area contributed by atoms with Crippen LogP contribution in [0, 0.1) is 6.92 Å². The molecular formula is C17H26ClN3O3S. The lowest BCUT2D eigenvalue weighted by atomic mass is 9.99. The lowest BCUT2D eigenvalue weighted by Crippen LogP contribution is -2.52. The Kier molecular flexibility index (Phi) is 6.48. The number of amides is 1. The number of hydrogen-bond donors (Lipinski definition) is 3. The molecule has 2 fully saturated rings. The molecule has 0 aromatic heterocycles. The van der Waals surface area contributed by atoms with Crippen LogP contribution >= 0.6 is 12.4 Å². The summed E-state index contributed by atoms with van der Waals surface area (Å²) in [6.07, 6.45) is 3.71. The fourth-order valence-corrected chi connectivity index (χ4v) is 4.32. The molecule has 1 amide bonds. The van der Waals surface area contributed by atoms with E-state index in [4.69, 9.17) is 0 Å². The molecule has 140 valence electrons. The van der Waals surface area contributed by atoms with Crippen LogP contribution in [0.5, 0.6) is 0 Å². The summed E-state index contributed by atoms with van der Waals surface area (Å²) in [6, 6.07) is 5.06. The van der Waals surface area contributed by atoms with E-state index in [0.29, 0.717) is 5.56 Å². The number of carbonyl (C=O) groups excluding carboxylic acids is 1. The van der Waals surface area contributed by atoms with E-state index in [0.717, 1.165) is 37.8 Å². The summed E-state index contributed by atoms with van der Waals surface area (Å²) in [6.45, 7) is 4.84. The van der Waals surface area contributed by atoms with E-state index in [9.17, 15) is 13.2 Å². The number of halogens is 1. The number of piperidine rings is 1. The minimum atomic E-state index is -3.56. The monoisotopic (exact) mass is 387 g/mol. The summed E-state index contributed by atoms with van der Waals surface area (Å²) < 4.78 is 27.4. The smallest absolute Gasteiger partial charge is 0.251 e. The van der Waals surface area contributed by atoms with Gasteiger partial charge in [-0.1, -0.05) is 6.07 Å². The summed E-state index contributed by atoms with van der Waals surface area (Å²) in [5, 5.41) is 6.39. The Labute approximate surface area is 155 Å². The molecule has 2 aliphatic rings. The van der Waals surface area contributed by atoms with Gasteiger partial charge in [0.1, 0.15) is 0 Å². The average Bonchev–Trinajstić information content (AvgIpc) is 3.33. The van der Waals surface area contributed by atoms with Gasteiger partial charge in [-0.3, -0.25) is 4.79 Å². The predicted octanol–water partition coefficient (Wildman–Crippen LogP) is 1.73. The van der Waals surface area contributed by atoms with Crippen molar-refractivity contribution in [1.29, 1.82) is 0 Å². The lowest BCUT2D eigenvalue weighted by molar-refractivity contribution is 0.0919. The molecule has 1 aromatic carbocycles. The molecule has 1 aliphatic heterocycles. The summed E-state index contributed by atoms with van der Waals surface area (Å²) >= 11 is 0. The summed E-state index contributed by atoms with van der Waals surface area (Å²) in [7, 11) is -3.56. The molecule has 1 heterocycles. The normalized spacial score (nSPS) is 23.6.